The maximum Gasteiger partial charge on any atom is 0.212 e. The molecule has 13 heteroatoms. The second kappa shape index (κ2) is 11.4. The number of halogens is 3. The summed E-state index contributed by atoms with van der Waals surface area (Å²) in [6, 6.07) is 15.0. The van der Waals surface area contributed by atoms with Crippen molar-refractivity contribution in [3.63, 3.8) is 0 Å². The predicted molar refractivity (Wildman–Crippen MR) is 184 cm³/mol. The molecule has 0 saturated heterocycles. The molecule has 4 aliphatic rings. The zero-order valence-corrected chi connectivity index (χ0v) is 27.9. The van der Waals surface area contributed by atoms with Gasteiger partial charge in [0.1, 0.15) is 62.7 Å². The molecular weight excluding hydrogens is 694 g/mol. The maximum atomic E-state index is 14.5. The predicted octanol–water partition coefficient (Wildman–Crippen LogP) is 8.92. The second-order valence-electron chi connectivity index (χ2n) is 12.4. The molecule has 0 unspecified atom stereocenters. The molecule has 8 nitrogen and oxygen atoms in total. The van der Waals surface area contributed by atoms with Crippen LogP contribution in [-0.4, -0.2) is 23.0 Å². The lowest BCUT2D eigenvalue weighted by atomic mass is 9.78. The van der Waals surface area contributed by atoms with Crippen molar-refractivity contribution in [2.24, 2.45) is 9.98 Å². The summed E-state index contributed by atoms with van der Waals surface area (Å²) in [6.07, 6.45) is 3.47. The summed E-state index contributed by atoms with van der Waals surface area (Å²) in [5, 5.41) is 39.7. The van der Waals surface area contributed by atoms with E-state index in [0.717, 1.165) is 64.8 Å². The Morgan fingerprint density at radius 2 is 1.06 bits per heavy atom. The molecule has 4 aromatic rings. The van der Waals surface area contributed by atoms with Crippen molar-refractivity contribution in [1.29, 1.82) is 21.0 Å². The van der Waals surface area contributed by atoms with Crippen LogP contribution in [0.4, 0.5) is 23.2 Å². The van der Waals surface area contributed by atoms with Crippen molar-refractivity contribution in [1.82, 2.24) is 0 Å². The Morgan fingerprint density at radius 3 is 1.51 bits per heavy atom. The Balaban J connectivity index is 1.27. The van der Waals surface area contributed by atoms with Crippen LogP contribution in [0.2, 0.25) is 0 Å². The number of allylic oxidation sites excluding steroid dienone is 4. The number of rotatable bonds is 2. The second-order valence-corrected chi connectivity index (χ2v) is 14.5. The third-order valence-corrected chi connectivity index (χ3v) is 12.0. The number of carbonyl (C=O) groups is 2. The van der Waals surface area contributed by atoms with Crippen LogP contribution in [0, 0.1) is 69.7 Å². The van der Waals surface area contributed by atoms with Gasteiger partial charge in [0.2, 0.25) is 11.6 Å². The Hall–Kier alpha value is -6.25. The number of Topliss-reactive ketones (excluding diaryl/α,β-unsaturated/α-hetero) is 2. The van der Waals surface area contributed by atoms with Crippen LogP contribution in [0.3, 0.4) is 0 Å². The Kier molecular flexibility index (Phi) is 7.15. The van der Waals surface area contributed by atoms with E-state index in [1.54, 1.807) is 12.1 Å². The normalized spacial score (nSPS) is 17.6. The van der Waals surface area contributed by atoms with E-state index in [-0.39, 0.29) is 56.0 Å². The fourth-order valence-corrected chi connectivity index (χ4v) is 9.97. The molecular formula is C38H17F3N6O2S2. The molecule has 0 aliphatic heterocycles. The van der Waals surface area contributed by atoms with Crippen LogP contribution in [0.25, 0.3) is 20.9 Å². The van der Waals surface area contributed by atoms with Gasteiger partial charge in [-0.1, -0.05) is 12.8 Å². The Morgan fingerprint density at radius 1 is 0.647 bits per heavy atom. The standard InChI is InChI=1S/C38H17F3N6O2S2/c1-16-6-19-21(8-25(16)39)34(48)32(30(19)17(12-42)13-43)46-28-10-23-36(50-28)37-24(38(23)4-2-3-5-38)11-29(51-37)47-33-31(18(14-44)15-45)20-7-26(40)27(41)9-22(20)35(33)49/h6-11H,2-5H2,1H3. The minimum atomic E-state index is -1.24. The van der Waals surface area contributed by atoms with E-state index in [1.807, 2.05) is 24.3 Å². The van der Waals surface area contributed by atoms with E-state index in [2.05, 4.69) is 4.99 Å². The molecule has 0 N–H and O–H groups in total. The van der Waals surface area contributed by atoms with Crippen molar-refractivity contribution < 1.29 is 22.8 Å². The van der Waals surface area contributed by atoms with Crippen LogP contribution in [0.1, 0.15) is 74.2 Å². The largest absolute Gasteiger partial charge is 0.287 e. The summed E-state index contributed by atoms with van der Waals surface area (Å²) < 4.78 is 43.0. The maximum absolute atomic E-state index is 14.5. The average molecular weight is 711 g/mol. The monoisotopic (exact) mass is 710 g/mol. The molecule has 2 aromatic carbocycles. The van der Waals surface area contributed by atoms with E-state index in [9.17, 15) is 43.8 Å². The van der Waals surface area contributed by atoms with E-state index in [0.29, 0.717) is 10.0 Å². The van der Waals surface area contributed by atoms with E-state index in [1.165, 1.54) is 35.7 Å². The molecule has 4 aliphatic carbocycles. The molecule has 8 rings (SSSR count). The van der Waals surface area contributed by atoms with Gasteiger partial charge in [-0.25, -0.2) is 23.2 Å². The molecule has 1 spiro atoms. The van der Waals surface area contributed by atoms with Crippen molar-refractivity contribution in [3.8, 4) is 34.0 Å². The van der Waals surface area contributed by atoms with Gasteiger partial charge in [-0.05, 0) is 78.4 Å². The number of hydrogen-bond acceptors (Lipinski definition) is 10. The number of hydrogen-bond donors (Lipinski definition) is 0. The quantitative estimate of drug-likeness (QED) is 0.189. The molecule has 0 atom stereocenters. The lowest BCUT2D eigenvalue weighted by Crippen LogP contribution is -2.19. The summed E-state index contributed by atoms with van der Waals surface area (Å²) >= 11 is 2.58. The van der Waals surface area contributed by atoms with Gasteiger partial charge >= 0.3 is 0 Å². The lowest BCUT2D eigenvalue weighted by Gasteiger charge is -2.24. The number of aliphatic imine (C=N–C) groups is 2. The summed E-state index contributed by atoms with van der Waals surface area (Å²) in [7, 11) is 0. The first-order valence-corrected chi connectivity index (χ1v) is 17.1. The van der Waals surface area contributed by atoms with Crippen molar-refractivity contribution >= 4 is 66.8 Å². The third kappa shape index (κ3) is 4.46. The van der Waals surface area contributed by atoms with E-state index >= 15 is 0 Å². The first-order chi connectivity index (χ1) is 24.5. The topological polar surface area (TPSA) is 154 Å². The van der Waals surface area contributed by atoms with Crippen LogP contribution in [0.5, 0.6) is 0 Å². The fourth-order valence-electron chi connectivity index (χ4n) is 7.55. The van der Waals surface area contributed by atoms with Crippen LogP contribution >= 0.6 is 22.7 Å². The third-order valence-electron chi connectivity index (χ3n) is 9.81. The highest BCUT2D eigenvalue weighted by Gasteiger charge is 2.48. The minimum Gasteiger partial charge on any atom is -0.287 e. The summed E-state index contributed by atoms with van der Waals surface area (Å²) in [5.41, 5.74) is 0.588. The van der Waals surface area contributed by atoms with Crippen LogP contribution < -0.4 is 0 Å². The summed E-state index contributed by atoms with van der Waals surface area (Å²) in [4.78, 5) is 38.1. The van der Waals surface area contributed by atoms with Gasteiger partial charge in [0.05, 0.1) is 9.75 Å². The van der Waals surface area contributed by atoms with E-state index < -0.39 is 40.0 Å². The highest BCUT2D eigenvalue weighted by Crippen LogP contribution is 2.63. The molecule has 0 bridgehead atoms. The highest BCUT2D eigenvalue weighted by atomic mass is 32.1. The van der Waals surface area contributed by atoms with E-state index in [4.69, 9.17) is 4.99 Å². The number of ketones is 2. The van der Waals surface area contributed by atoms with Gasteiger partial charge in [0.15, 0.2) is 11.6 Å². The van der Waals surface area contributed by atoms with Crippen molar-refractivity contribution in [2.45, 2.75) is 38.0 Å². The van der Waals surface area contributed by atoms with Crippen LogP contribution in [0.15, 0.2) is 57.5 Å². The average Bonchev–Trinajstić information content (AvgIpc) is 3.96. The number of nitriles is 4. The van der Waals surface area contributed by atoms with Gasteiger partial charge in [-0.2, -0.15) is 21.0 Å². The summed E-state index contributed by atoms with van der Waals surface area (Å²) in [5.74, 6) is -4.41. The van der Waals surface area contributed by atoms with Crippen LogP contribution in [-0.2, 0) is 5.41 Å². The van der Waals surface area contributed by atoms with Gasteiger partial charge in [0, 0.05) is 33.3 Å². The van der Waals surface area contributed by atoms with Crippen molar-refractivity contribution in [3.05, 3.63) is 104 Å². The molecule has 0 radical (unpaired) electrons. The van der Waals surface area contributed by atoms with Gasteiger partial charge in [-0.3, -0.25) is 9.59 Å². The lowest BCUT2D eigenvalue weighted by molar-refractivity contribution is 0.106. The van der Waals surface area contributed by atoms with Gasteiger partial charge < -0.3 is 0 Å². The summed E-state index contributed by atoms with van der Waals surface area (Å²) in [6.45, 7) is 1.53. The number of thiophene rings is 2. The molecule has 2 aromatic heterocycles. The highest BCUT2D eigenvalue weighted by molar-refractivity contribution is 7.26. The fraction of sp³-hybridized carbons (Fsp3) is 0.158. The molecule has 1 saturated carbocycles. The SMILES string of the molecule is Cc1cc2c(cc1F)C(=O)C(=Nc1cc3c(s1)-c1sc(N=C4C(=O)c5cc(F)c(F)cc5C4=C(C#N)C#N)cc1C31CCCC1)C2=C(C#N)C#N. The molecule has 244 valence electrons. The molecule has 1 fully saturated rings. The zero-order valence-electron chi connectivity index (χ0n) is 26.2. The Labute approximate surface area is 295 Å². The first-order valence-electron chi connectivity index (χ1n) is 15.5. The van der Waals surface area contributed by atoms with Gasteiger partial charge in [-0.15, -0.1) is 22.7 Å². The molecule has 0 amide bonds. The Bertz CT molecular complexity index is 2470. The number of aryl methyl sites for hydroxylation is 1. The zero-order chi connectivity index (χ0) is 35.9. The van der Waals surface area contributed by atoms with Gasteiger partial charge in [0.25, 0.3) is 0 Å². The number of nitrogens with zero attached hydrogens (tertiary/aromatic N) is 6. The number of carbonyl (C=O) groups excluding carboxylic acids is 2. The smallest absolute Gasteiger partial charge is 0.212 e. The molecule has 51 heavy (non-hydrogen) atoms. The first kappa shape index (κ1) is 32.0. The minimum absolute atomic E-state index is 0.0222. The number of fused-ring (bicyclic) bond motifs is 7. The molecule has 2 heterocycles. The van der Waals surface area contributed by atoms with Crippen molar-refractivity contribution in [2.75, 3.05) is 0 Å². The number of benzene rings is 2.